The lowest BCUT2D eigenvalue weighted by Crippen LogP contribution is -2.32. The summed E-state index contributed by atoms with van der Waals surface area (Å²) in [5, 5.41) is 5.57. The minimum Gasteiger partial charge on any atom is -0.495 e. The smallest absolute Gasteiger partial charge is 0.338 e. The first kappa shape index (κ1) is 26.7. The molecule has 0 aliphatic carbocycles. The van der Waals surface area contributed by atoms with Crippen LogP contribution >= 0.6 is 23.2 Å². The van der Waals surface area contributed by atoms with Gasteiger partial charge in [0.15, 0.2) is 0 Å². The maximum Gasteiger partial charge on any atom is 0.338 e. The Labute approximate surface area is 227 Å². The molecular weight excluding hydrogens is 533 g/mol. The van der Waals surface area contributed by atoms with Gasteiger partial charge >= 0.3 is 5.97 Å². The number of rotatable bonds is 8. The minimum absolute atomic E-state index is 0.133. The predicted octanol–water partition coefficient (Wildman–Crippen LogP) is 5.21. The molecule has 3 aromatic rings. The predicted molar refractivity (Wildman–Crippen MR) is 144 cm³/mol. The van der Waals surface area contributed by atoms with Crippen LogP contribution in [0.1, 0.15) is 27.6 Å². The van der Waals surface area contributed by atoms with Gasteiger partial charge in [-0.1, -0.05) is 29.3 Å². The van der Waals surface area contributed by atoms with Crippen LogP contribution in [0.5, 0.6) is 5.75 Å². The maximum absolute atomic E-state index is 13.1. The van der Waals surface area contributed by atoms with Crippen LogP contribution in [0.25, 0.3) is 0 Å². The van der Waals surface area contributed by atoms with Crippen LogP contribution in [0.4, 0.5) is 17.1 Å². The zero-order chi connectivity index (χ0) is 27.4. The number of benzene rings is 3. The molecule has 0 saturated heterocycles. The summed E-state index contributed by atoms with van der Waals surface area (Å²) in [5.41, 5.74) is 1.49. The monoisotopic (exact) mass is 553 g/mol. The first-order chi connectivity index (χ1) is 18.2. The molecule has 0 bridgehead atoms. The summed E-state index contributed by atoms with van der Waals surface area (Å²) in [7, 11) is 1.40. The molecule has 9 nitrogen and oxygen atoms in total. The van der Waals surface area contributed by atoms with Crippen LogP contribution in [0, 0.1) is 0 Å². The summed E-state index contributed by atoms with van der Waals surface area (Å²) in [6.45, 7) is 1.95. The Morgan fingerprint density at radius 1 is 0.895 bits per heavy atom. The molecule has 1 heterocycles. The van der Waals surface area contributed by atoms with Crippen molar-refractivity contribution in [2.45, 2.75) is 6.92 Å². The van der Waals surface area contributed by atoms with Gasteiger partial charge in [-0.3, -0.25) is 14.4 Å². The van der Waals surface area contributed by atoms with Crippen molar-refractivity contribution in [2.75, 3.05) is 29.3 Å². The molecule has 2 N–H and O–H groups in total. The maximum atomic E-state index is 13.1. The highest BCUT2D eigenvalue weighted by Gasteiger charge is 2.40. The van der Waals surface area contributed by atoms with Gasteiger partial charge in [0.1, 0.15) is 16.5 Å². The summed E-state index contributed by atoms with van der Waals surface area (Å²) in [6.07, 6.45) is 0. The molecular formula is C27H21Cl2N3O6. The van der Waals surface area contributed by atoms with E-state index in [0.717, 1.165) is 4.90 Å². The number of methoxy groups -OCH3 is 1. The normalized spacial score (nSPS) is 13.0. The zero-order valence-corrected chi connectivity index (χ0v) is 21.7. The Balaban J connectivity index is 1.47. The average Bonchev–Trinajstić information content (AvgIpc) is 3.12. The van der Waals surface area contributed by atoms with E-state index in [0.29, 0.717) is 27.5 Å². The summed E-state index contributed by atoms with van der Waals surface area (Å²) < 4.78 is 10.2. The standard InChI is InChI=1S/C27H21Cl2N3O6/c1-3-38-27(36)16-5-4-6-19(13-16)31-24(33)15-7-10-18(11-8-15)30-23-22(29)25(34)32(26(23)35)20-14-17(28)9-12-21(20)37-2/h4-14,30H,3H2,1-2H3,(H,31,33). The summed E-state index contributed by atoms with van der Waals surface area (Å²) in [5.74, 6) is -2.06. The molecule has 4 rings (SSSR count). The van der Waals surface area contributed by atoms with Gasteiger partial charge < -0.3 is 20.1 Å². The number of hydrogen-bond acceptors (Lipinski definition) is 7. The van der Waals surface area contributed by atoms with Gasteiger partial charge in [0, 0.05) is 22.0 Å². The number of nitrogens with one attached hydrogen (secondary N) is 2. The molecule has 0 radical (unpaired) electrons. The Hall–Kier alpha value is -4.34. The van der Waals surface area contributed by atoms with Crippen molar-refractivity contribution in [3.8, 4) is 5.75 Å². The fourth-order valence-electron chi connectivity index (χ4n) is 3.66. The Morgan fingerprint density at radius 2 is 1.63 bits per heavy atom. The molecule has 0 atom stereocenters. The van der Waals surface area contributed by atoms with Crippen molar-refractivity contribution in [2.24, 2.45) is 0 Å². The van der Waals surface area contributed by atoms with E-state index < -0.39 is 23.7 Å². The number of ether oxygens (including phenoxy) is 2. The van der Waals surface area contributed by atoms with Crippen LogP contribution < -0.4 is 20.3 Å². The largest absolute Gasteiger partial charge is 0.495 e. The molecule has 38 heavy (non-hydrogen) atoms. The lowest BCUT2D eigenvalue weighted by atomic mass is 10.1. The highest BCUT2D eigenvalue weighted by Crippen LogP contribution is 2.37. The average molecular weight is 554 g/mol. The van der Waals surface area contributed by atoms with Gasteiger partial charge in [0.05, 0.1) is 25.0 Å². The summed E-state index contributed by atoms with van der Waals surface area (Å²) in [6, 6.07) is 17.1. The highest BCUT2D eigenvalue weighted by atomic mass is 35.5. The van der Waals surface area contributed by atoms with Crippen LogP contribution in [0.2, 0.25) is 5.02 Å². The second-order valence-corrected chi connectivity index (χ2v) is 8.72. The number of nitrogens with zero attached hydrogens (tertiary/aromatic N) is 1. The van der Waals surface area contributed by atoms with Gasteiger partial charge in [-0.05, 0) is 67.6 Å². The van der Waals surface area contributed by atoms with Gasteiger partial charge in [-0.15, -0.1) is 0 Å². The Kier molecular flexibility index (Phi) is 7.99. The molecule has 0 unspecified atom stereocenters. The second kappa shape index (κ2) is 11.4. The minimum atomic E-state index is -0.735. The molecule has 0 fully saturated rings. The third kappa shape index (κ3) is 5.49. The fourth-order valence-corrected chi connectivity index (χ4v) is 4.04. The summed E-state index contributed by atoms with van der Waals surface area (Å²) in [4.78, 5) is 51.4. The first-order valence-corrected chi connectivity index (χ1v) is 12.1. The van der Waals surface area contributed by atoms with Crippen LogP contribution in [-0.2, 0) is 14.3 Å². The quantitative estimate of drug-likeness (QED) is 0.290. The van der Waals surface area contributed by atoms with E-state index in [-0.39, 0.29) is 28.8 Å². The molecule has 1 aliphatic rings. The third-order valence-electron chi connectivity index (χ3n) is 5.46. The fraction of sp³-hybridized carbons (Fsp3) is 0.111. The number of amides is 3. The summed E-state index contributed by atoms with van der Waals surface area (Å²) >= 11 is 12.3. The van der Waals surface area contributed by atoms with Gasteiger partial charge in [0.2, 0.25) is 0 Å². The van der Waals surface area contributed by atoms with E-state index in [1.54, 1.807) is 43.3 Å². The van der Waals surface area contributed by atoms with Crippen molar-refractivity contribution >= 4 is 64.0 Å². The van der Waals surface area contributed by atoms with E-state index in [9.17, 15) is 19.2 Å². The molecule has 194 valence electrons. The van der Waals surface area contributed by atoms with Gasteiger partial charge in [-0.2, -0.15) is 0 Å². The number of hydrogen-bond donors (Lipinski definition) is 2. The van der Waals surface area contributed by atoms with Crippen molar-refractivity contribution in [3.05, 3.63) is 93.6 Å². The van der Waals surface area contributed by atoms with Crippen molar-refractivity contribution in [3.63, 3.8) is 0 Å². The van der Waals surface area contributed by atoms with Gasteiger partial charge in [0.25, 0.3) is 17.7 Å². The second-order valence-electron chi connectivity index (χ2n) is 7.91. The van der Waals surface area contributed by atoms with Crippen LogP contribution in [-0.4, -0.2) is 37.4 Å². The number of esters is 1. The SMILES string of the molecule is CCOC(=O)c1cccc(NC(=O)c2ccc(NC3=C(Cl)C(=O)N(c4cc(Cl)ccc4OC)C3=O)cc2)c1. The molecule has 0 saturated carbocycles. The van der Waals surface area contributed by atoms with Gasteiger partial charge in [-0.25, -0.2) is 9.69 Å². The molecule has 0 spiro atoms. The van der Waals surface area contributed by atoms with Crippen LogP contribution in [0.15, 0.2) is 77.5 Å². The van der Waals surface area contributed by atoms with E-state index in [1.807, 2.05) is 0 Å². The van der Waals surface area contributed by atoms with Crippen molar-refractivity contribution < 1.29 is 28.7 Å². The molecule has 3 aromatic carbocycles. The topological polar surface area (TPSA) is 114 Å². The number of carbonyl (C=O) groups excluding carboxylic acids is 4. The van der Waals surface area contributed by atoms with E-state index in [2.05, 4.69) is 10.6 Å². The van der Waals surface area contributed by atoms with Crippen molar-refractivity contribution in [1.29, 1.82) is 0 Å². The zero-order valence-electron chi connectivity index (χ0n) is 20.2. The van der Waals surface area contributed by atoms with E-state index in [4.69, 9.17) is 32.7 Å². The Bertz CT molecular complexity index is 1470. The van der Waals surface area contributed by atoms with E-state index >= 15 is 0 Å². The lowest BCUT2D eigenvalue weighted by molar-refractivity contribution is -0.120. The van der Waals surface area contributed by atoms with Crippen LogP contribution in [0.3, 0.4) is 0 Å². The van der Waals surface area contributed by atoms with Crippen molar-refractivity contribution in [1.82, 2.24) is 0 Å². The molecule has 3 amide bonds. The molecule has 1 aliphatic heterocycles. The number of imide groups is 1. The lowest BCUT2D eigenvalue weighted by Gasteiger charge is -2.18. The highest BCUT2D eigenvalue weighted by molar-refractivity contribution is 6.53. The Morgan fingerprint density at radius 3 is 2.32 bits per heavy atom. The molecule has 11 heteroatoms. The molecule has 0 aromatic heterocycles. The van der Waals surface area contributed by atoms with E-state index in [1.165, 1.54) is 37.4 Å². The third-order valence-corrected chi connectivity index (χ3v) is 6.04. The number of anilines is 3. The first-order valence-electron chi connectivity index (χ1n) is 11.3. The number of halogens is 2. The number of carbonyl (C=O) groups is 4.